The number of ether oxygens (including phenoxy) is 2. The Bertz CT molecular complexity index is 930. The summed E-state index contributed by atoms with van der Waals surface area (Å²) in [5, 5.41) is 0.736. The van der Waals surface area contributed by atoms with E-state index in [1.54, 1.807) is 23.1 Å². The molecular formula is C22H22Cl2FNO4. The van der Waals surface area contributed by atoms with Gasteiger partial charge in [0.15, 0.2) is 11.5 Å². The topological polar surface area (TPSA) is 55.8 Å². The van der Waals surface area contributed by atoms with Crippen LogP contribution in [0.25, 0.3) is 0 Å². The molecule has 1 aromatic rings. The first kappa shape index (κ1) is 20.3. The molecule has 0 radical (unpaired) electrons. The lowest BCUT2D eigenvalue weighted by atomic mass is 9.77. The number of carbonyl (C=O) groups excluding carboxylic acids is 2. The fourth-order valence-electron chi connectivity index (χ4n) is 5.09. The Kier molecular flexibility index (Phi) is 5.28. The zero-order valence-corrected chi connectivity index (χ0v) is 17.8. The van der Waals surface area contributed by atoms with Crippen LogP contribution in [0.4, 0.5) is 4.39 Å². The van der Waals surface area contributed by atoms with E-state index in [9.17, 15) is 14.0 Å². The summed E-state index contributed by atoms with van der Waals surface area (Å²) in [6.45, 7) is 1.02. The molecule has 4 aliphatic rings. The van der Waals surface area contributed by atoms with Crippen molar-refractivity contribution in [2.75, 3.05) is 13.2 Å². The molecule has 1 saturated heterocycles. The molecule has 5 atom stereocenters. The normalized spacial score (nSPS) is 33.6. The highest BCUT2D eigenvalue weighted by Crippen LogP contribution is 2.48. The van der Waals surface area contributed by atoms with Gasteiger partial charge in [-0.15, -0.1) is 0 Å². The molecule has 0 spiro atoms. The number of amides is 1. The van der Waals surface area contributed by atoms with Gasteiger partial charge in [0.25, 0.3) is 5.91 Å². The van der Waals surface area contributed by atoms with Crippen molar-refractivity contribution in [3.63, 3.8) is 0 Å². The lowest BCUT2D eigenvalue weighted by molar-refractivity contribution is -0.137. The van der Waals surface area contributed by atoms with Crippen molar-refractivity contribution >= 4 is 34.9 Å². The van der Waals surface area contributed by atoms with Gasteiger partial charge in [-0.3, -0.25) is 9.59 Å². The summed E-state index contributed by atoms with van der Waals surface area (Å²) in [5.41, 5.74) is 0.996. The number of ketones is 1. The maximum absolute atomic E-state index is 14.1. The van der Waals surface area contributed by atoms with E-state index in [0.29, 0.717) is 47.2 Å². The van der Waals surface area contributed by atoms with Crippen molar-refractivity contribution in [1.82, 2.24) is 4.90 Å². The highest BCUT2D eigenvalue weighted by Gasteiger charge is 2.53. The summed E-state index contributed by atoms with van der Waals surface area (Å²) >= 11 is 12.3. The number of benzene rings is 1. The smallest absolute Gasteiger partial charge is 0.290 e. The van der Waals surface area contributed by atoms with E-state index >= 15 is 0 Å². The van der Waals surface area contributed by atoms with Crippen molar-refractivity contribution < 1.29 is 23.5 Å². The fraction of sp³-hybridized carbons (Fsp3) is 0.545. The number of rotatable bonds is 3. The van der Waals surface area contributed by atoms with E-state index in [2.05, 4.69) is 0 Å². The van der Waals surface area contributed by atoms with Crippen molar-refractivity contribution in [3.05, 3.63) is 45.1 Å². The van der Waals surface area contributed by atoms with Gasteiger partial charge in [0, 0.05) is 13.2 Å². The van der Waals surface area contributed by atoms with E-state index in [0.717, 1.165) is 12.8 Å². The first-order valence-corrected chi connectivity index (χ1v) is 11.2. The third kappa shape index (κ3) is 3.33. The molecule has 1 aliphatic carbocycles. The van der Waals surface area contributed by atoms with Crippen LogP contribution < -0.4 is 0 Å². The van der Waals surface area contributed by atoms with Crippen LogP contribution in [0.1, 0.15) is 43.7 Å². The quantitative estimate of drug-likeness (QED) is 0.679. The van der Waals surface area contributed by atoms with E-state index in [1.165, 1.54) is 0 Å². The number of hydrogen-bond donors (Lipinski definition) is 0. The predicted molar refractivity (Wildman–Crippen MR) is 109 cm³/mol. The van der Waals surface area contributed by atoms with Gasteiger partial charge in [-0.1, -0.05) is 29.3 Å². The molecule has 5 unspecified atom stereocenters. The number of alkyl halides is 1. The average molecular weight is 454 g/mol. The minimum Gasteiger partial charge on any atom is -0.483 e. The number of Topliss-reactive ketones (excluding diaryl/α,β-unsaturated/α-hetero) is 1. The van der Waals surface area contributed by atoms with Gasteiger partial charge in [0.05, 0.1) is 33.7 Å². The first-order chi connectivity index (χ1) is 14.4. The standard InChI is InChI=1S/C22H22Cl2FNO4/c23-15-5-3-11(8-16(15)24)19-18-20(27)14-9-12(25)4-6-17(14)30-21(18)22(28)26(19)10-13-2-1-7-29-13/h3,5,8,12-14,17,19H,1-2,4,6-7,9-10H2. The lowest BCUT2D eigenvalue weighted by Crippen LogP contribution is -2.42. The summed E-state index contributed by atoms with van der Waals surface area (Å²) in [6.07, 6.45) is 1.16. The Morgan fingerprint density at radius 3 is 2.70 bits per heavy atom. The molecule has 0 N–H and O–H groups in total. The first-order valence-electron chi connectivity index (χ1n) is 10.4. The van der Waals surface area contributed by atoms with Crippen LogP contribution in [-0.4, -0.2) is 48.1 Å². The number of hydrogen-bond acceptors (Lipinski definition) is 4. The van der Waals surface area contributed by atoms with Crippen LogP contribution in [0, 0.1) is 5.92 Å². The second kappa shape index (κ2) is 7.81. The van der Waals surface area contributed by atoms with Gasteiger partial charge in [-0.05, 0) is 49.8 Å². The molecule has 3 heterocycles. The fourth-order valence-corrected chi connectivity index (χ4v) is 5.39. The van der Waals surface area contributed by atoms with E-state index in [1.807, 2.05) is 0 Å². The van der Waals surface area contributed by atoms with Gasteiger partial charge < -0.3 is 14.4 Å². The van der Waals surface area contributed by atoms with Gasteiger partial charge in [-0.2, -0.15) is 0 Å². The Labute approximate surface area is 184 Å². The largest absolute Gasteiger partial charge is 0.483 e. The molecule has 3 aliphatic heterocycles. The van der Waals surface area contributed by atoms with Crippen LogP contribution in [0.15, 0.2) is 29.5 Å². The third-order valence-electron chi connectivity index (χ3n) is 6.56. The maximum atomic E-state index is 14.1. The number of fused-ring (bicyclic) bond motifs is 1. The summed E-state index contributed by atoms with van der Waals surface area (Å²) in [5.74, 6) is -0.963. The Hall–Kier alpha value is -1.63. The van der Waals surface area contributed by atoms with E-state index in [-0.39, 0.29) is 30.0 Å². The third-order valence-corrected chi connectivity index (χ3v) is 7.30. The molecule has 5 nitrogen and oxygen atoms in total. The van der Waals surface area contributed by atoms with Crippen LogP contribution in [0.2, 0.25) is 10.0 Å². The number of carbonyl (C=O) groups is 2. The monoisotopic (exact) mass is 453 g/mol. The van der Waals surface area contributed by atoms with Crippen LogP contribution >= 0.6 is 23.2 Å². The van der Waals surface area contributed by atoms with Gasteiger partial charge in [-0.25, -0.2) is 4.39 Å². The van der Waals surface area contributed by atoms with Crippen LogP contribution in [0.3, 0.4) is 0 Å². The molecule has 1 aromatic carbocycles. The van der Waals surface area contributed by atoms with Crippen molar-refractivity contribution in [2.45, 2.75) is 56.5 Å². The molecule has 1 amide bonds. The summed E-state index contributed by atoms with van der Waals surface area (Å²) < 4.78 is 25.9. The van der Waals surface area contributed by atoms with Crippen LogP contribution in [-0.2, 0) is 19.1 Å². The molecule has 1 saturated carbocycles. The summed E-state index contributed by atoms with van der Waals surface area (Å²) in [6, 6.07) is 4.46. The number of nitrogens with zero attached hydrogens (tertiary/aromatic N) is 1. The molecule has 2 fully saturated rings. The average Bonchev–Trinajstić information content (AvgIpc) is 3.33. The Balaban J connectivity index is 1.56. The van der Waals surface area contributed by atoms with Gasteiger partial charge in [0.2, 0.25) is 0 Å². The van der Waals surface area contributed by atoms with Gasteiger partial charge in [0.1, 0.15) is 12.3 Å². The molecule has 8 heteroatoms. The van der Waals surface area contributed by atoms with Crippen molar-refractivity contribution in [1.29, 1.82) is 0 Å². The van der Waals surface area contributed by atoms with E-state index in [4.69, 9.17) is 32.7 Å². The Morgan fingerprint density at radius 1 is 1.13 bits per heavy atom. The zero-order chi connectivity index (χ0) is 21.0. The van der Waals surface area contributed by atoms with E-state index < -0.39 is 24.2 Å². The minimum atomic E-state index is -1.02. The molecule has 160 valence electrons. The SMILES string of the molecule is O=C1C2=C(OC3CCC(F)CC13)C(=O)N(CC1CCCO1)C2c1ccc(Cl)c(Cl)c1. The second-order valence-electron chi connectivity index (χ2n) is 8.45. The van der Waals surface area contributed by atoms with Gasteiger partial charge >= 0.3 is 0 Å². The summed E-state index contributed by atoms with van der Waals surface area (Å²) in [4.78, 5) is 28.5. The molecule has 0 bridgehead atoms. The predicted octanol–water partition coefficient (Wildman–Crippen LogP) is 4.42. The summed E-state index contributed by atoms with van der Waals surface area (Å²) in [7, 11) is 0. The van der Waals surface area contributed by atoms with Crippen LogP contribution in [0.5, 0.6) is 0 Å². The highest BCUT2D eigenvalue weighted by molar-refractivity contribution is 6.42. The zero-order valence-electron chi connectivity index (χ0n) is 16.3. The van der Waals surface area contributed by atoms with Crippen molar-refractivity contribution in [3.8, 4) is 0 Å². The number of halogens is 3. The minimum absolute atomic E-state index is 0.0897. The highest BCUT2D eigenvalue weighted by atomic mass is 35.5. The molecule has 30 heavy (non-hydrogen) atoms. The Morgan fingerprint density at radius 2 is 1.97 bits per heavy atom. The van der Waals surface area contributed by atoms with Crippen molar-refractivity contribution in [2.24, 2.45) is 5.92 Å². The second-order valence-corrected chi connectivity index (χ2v) is 9.26. The molecule has 5 rings (SSSR count). The lowest BCUT2D eigenvalue weighted by Gasteiger charge is -2.36. The molecular weight excluding hydrogens is 432 g/mol. The maximum Gasteiger partial charge on any atom is 0.290 e. The molecule has 0 aromatic heterocycles.